The molecule has 4 aromatic rings. The third-order valence-electron chi connectivity index (χ3n) is 5.41. The predicted molar refractivity (Wildman–Crippen MR) is 131 cm³/mol. The summed E-state index contributed by atoms with van der Waals surface area (Å²) in [5.74, 6) is 0. The molecule has 0 N–H and O–H groups in total. The summed E-state index contributed by atoms with van der Waals surface area (Å²) in [6.45, 7) is 6.44. The molecule has 1 heteroatoms. The van der Waals surface area contributed by atoms with Crippen molar-refractivity contribution in [3.8, 4) is 0 Å². The van der Waals surface area contributed by atoms with Crippen molar-refractivity contribution in [3.63, 3.8) is 0 Å². The van der Waals surface area contributed by atoms with Crippen LogP contribution in [0.25, 0.3) is 12.2 Å². The highest BCUT2D eigenvalue weighted by Crippen LogP contribution is 2.38. The van der Waals surface area contributed by atoms with E-state index in [2.05, 4.69) is 135 Å². The van der Waals surface area contributed by atoms with Gasteiger partial charge in [0.2, 0.25) is 0 Å². The van der Waals surface area contributed by atoms with Gasteiger partial charge in [0.15, 0.2) is 0 Å². The summed E-state index contributed by atoms with van der Waals surface area (Å²) in [4.78, 5) is 2.35. The van der Waals surface area contributed by atoms with E-state index in [1.807, 2.05) is 0 Å². The minimum absolute atomic E-state index is 1.16. The van der Waals surface area contributed by atoms with E-state index in [1.165, 1.54) is 39.2 Å². The van der Waals surface area contributed by atoms with Gasteiger partial charge in [-0.25, -0.2) is 0 Å². The molecule has 0 spiro atoms. The first kappa shape index (κ1) is 19.7. The summed E-state index contributed by atoms with van der Waals surface area (Å²) in [5.41, 5.74) is 9.76. The molecule has 0 fully saturated rings. The number of anilines is 3. The van der Waals surface area contributed by atoms with Crippen LogP contribution in [-0.4, -0.2) is 0 Å². The summed E-state index contributed by atoms with van der Waals surface area (Å²) >= 11 is 0. The Bertz CT molecular complexity index is 1110. The molecule has 0 atom stereocenters. The maximum Gasteiger partial charge on any atom is 0.0490 e. The van der Waals surface area contributed by atoms with Gasteiger partial charge in [0, 0.05) is 17.1 Å². The van der Waals surface area contributed by atoms with Crippen molar-refractivity contribution in [1.82, 2.24) is 0 Å². The zero-order chi connectivity index (χ0) is 20.9. The highest BCUT2D eigenvalue weighted by molar-refractivity contribution is 5.81. The molecule has 0 aromatic heterocycles. The predicted octanol–water partition coefficient (Wildman–Crippen LogP) is 8.25. The van der Waals surface area contributed by atoms with Gasteiger partial charge in [0.25, 0.3) is 0 Å². The van der Waals surface area contributed by atoms with Crippen LogP contribution in [0.3, 0.4) is 0 Å². The van der Waals surface area contributed by atoms with E-state index in [-0.39, 0.29) is 0 Å². The molecule has 0 radical (unpaired) electrons. The van der Waals surface area contributed by atoms with Gasteiger partial charge in [-0.05, 0) is 67.3 Å². The number of benzene rings is 4. The van der Waals surface area contributed by atoms with Crippen LogP contribution in [0.2, 0.25) is 0 Å². The number of nitrogens with zero attached hydrogens (tertiary/aromatic N) is 1. The Morgan fingerprint density at radius 2 is 0.933 bits per heavy atom. The second-order valence-electron chi connectivity index (χ2n) is 7.74. The molecule has 4 aromatic carbocycles. The van der Waals surface area contributed by atoms with E-state index in [4.69, 9.17) is 0 Å². The minimum atomic E-state index is 1.16. The maximum absolute atomic E-state index is 2.35. The average Bonchev–Trinajstić information content (AvgIpc) is 2.77. The maximum atomic E-state index is 2.35. The third kappa shape index (κ3) is 4.36. The standard InChI is InChI=1S/C29H27N/c1-22-12-14-25(15-13-22)16-17-26-18-20-27(21-19-26)30(28-10-6-4-8-23(28)2)29-11-7-5-9-24(29)3/h4-21H,1-3H3/b17-16+. The van der Waals surface area contributed by atoms with E-state index in [1.54, 1.807) is 0 Å². The lowest BCUT2D eigenvalue weighted by Gasteiger charge is -2.28. The average molecular weight is 390 g/mol. The van der Waals surface area contributed by atoms with Gasteiger partial charge in [-0.2, -0.15) is 0 Å². The monoisotopic (exact) mass is 389 g/mol. The van der Waals surface area contributed by atoms with E-state index in [0.717, 1.165) is 5.69 Å². The van der Waals surface area contributed by atoms with Gasteiger partial charge in [0.1, 0.15) is 0 Å². The lowest BCUT2D eigenvalue weighted by molar-refractivity contribution is 1.22. The summed E-state index contributed by atoms with van der Waals surface area (Å²) in [6, 6.07) is 34.5. The fourth-order valence-electron chi connectivity index (χ4n) is 3.64. The first-order valence-corrected chi connectivity index (χ1v) is 10.4. The fraction of sp³-hybridized carbons (Fsp3) is 0.103. The van der Waals surface area contributed by atoms with Gasteiger partial charge < -0.3 is 4.90 Å². The molecule has 0 aliphatic heterocycles. The number of aryl methyl sites for hydroxylation is 3. The van der Waals surface area contributed by atoms with Crippen LogP contribution in [-0.2, 0) is 0 Å². The van der Waals surface area contributed by atoms with Crippen molar-refractivity contribution in [2.75, 3.05) is 4.90 Å². The summed E-state index contributed by atoms with van der Waals surface area (Å²) in [6.07, 6.45) is 4.33. The molecular formula is C29H27N. The molecular weight excluding hydrogens is 362 g/mol. The summed E-state index contributed by atoms with van der Waals surface area (Å²) < 4.78 is 0. The Hall–Kier alpha value is -3.58. The molecule has 30 heavy (non-hydrogen) atoms. The minimum Gasteiger partial charge on any atom is -0.310 e. The summed E-state index contributed by atoms with van der Waals surface area (Å²) in [7, 11) is 0. The molecule has 0 saturated carbocycles. The zero-order valence-corrected chi connectivity index (χ0v) is 17.8. The quantitative estimate of drug-likeness (QED) is 0.311. The number of hydrogen-bond donors (Lipinski definition) is 0. The first-order valence-electron chi connectivity index (χ1n) is 10.4. The van der Waals surface area contributed by atoms with Gasteiger partial charge in [-0.1, -0.05) is 90.5 Å². The van der Waals surface area contributed by atoms with Crippen LogP contribution < -0.4 is 4.90 Å². The molecule has 4 rings (SSSR count). The van der Waals surface area contributed by atoms with E-state index in [9.17, 15) is 0 Å². The number of hydrogen-bond acceptors (Lipinski definition) is 1. The van der Waals surface area contributed by atoms with Crippen LogP contribution in [0.5, 0.6) is 0 Å². The molecule has 148 valence electrons. The van der Waals surface area contributed by atoms with Crippen molar-refractivity contribution in [1.29, 1.82) is 0 Å². The number of para-hydroxylation sites is 2. The van der Waals surface area contributed by atoms with Gasteiger partial charge >= 0.3 is 0 Å². The Morgan fingerprint density at radius 1 is 0.500 bits per heavy atom. The van der Waals surface area contributed by atoms with Gasteiger partial charge in [0.05, 0.1) is 0 Å². The van der Waals surface area contributed by atoms with Crippen molar-refractivity contribution in [2.45, 2.75) is 20.8 Å². The normalized spacial score (nSPS) is 11.0. The Morgan fingerprint density at radius 3 is 1.40 bits per heavy atom. The Balaban J connectivity index is 1.69. The lowest BCUT2D eigenvalue weighted by Crippen LogP contribution is -2.12. The topological polar surface area (TPSA) is 3.24 Å². The van der Waals surface area contributed by atoms with Crippen molar-refractivity contribution >= 4 is 29.2 Å². The largest absolute Gasteiger partial charge is 0.310 e. The third-order valence-corrected chi connectivity index (χ3v) is 5.41. The van der Waals surface area contributed by atoms with E-state index >= 15 is 0 Å². The molecule has 0 saturated heterocycles. The van der Waals surface area contributed by atoms with E-state index in [0.29, 0.717) is 0 Å². The molecule has 0 amide bonds. The van der Waals surface area contributed by atoms with Crippen LogP contribution in [0.4, 0.5) is 17.1 Å². The fourth-order valence-corrected chi connectivity index (χ4v) is 3.64. The van der Waals surface area contributed by atoms with Crippen LogP contribution >= 0.6 is 0 Å². The van der Waals surface area contributed by atoms with Crippen molar-refractivity contribution in [3.05, 3.63) is 125 Å². The molecule has 0 heterocycles. The van der Waals surface area contributed by atoms with Crippen LogP contribution in [0, 0.1) is 20.8 Å². The SMILES string of the molecule is Cc1ccc(/C=C/c2ccc(N(c3ccccc3C)c3ccccc3C)cc2)cc1. The highest BCUT2D eigenvalue weighted by atomic mass is 15.1. The van der Waals surface area contributed by atoms with Crippen molar-refractivity contribution in [2.24, 2.45) is 0 Å². The summed E-state index contributed by atoms with van der Waals surface area (Å²) in [5, 5.41) is 0. The van der Waals surface area contributed by atoms with Crippen LogP contribution in [0.1, 0.15) is 27.8 Å². The second kappa shape index (κ2) is 8.84. The molecule has 0 bridgehead atoms. The zero-order valence-electron chi connectivity index (χ0n) is 17.8. The smallest absolute Gasteiger partial charge is 0.0490 e. The van der Waals surface area contributed by atoms with Gasteiger partial charge in [-0.3, -0.25) is 0 Å². The van der Waals surface area contributed by atoms with Gasteiger partial charge in [-0.15, -0.1) is 0 Å². The molecule has 0 aliphatic carbocycles. The Labute approximate surface area is 179 Å². The molecule has 1 nitrogen and oxygen atoms in total. The number of rotatable bonds is 5. The second-order valence-corrected chi connectivity index (χ2v) is 7.74. The lowest BCUT2D eigenvalue weighted by atomic mass is 10.1. The Kier molecular flexibility index (Phi) is 5.81. The first-order chi connectivity index (χ1) is 14.6. The van der Waals surface area contributed by atoms with Crippen molar-refractivity contribution < 1.29 is 0 Å². The highest BCUT2D eigenvalue weighted by Gasteiger charge is 2.15. The van der Waals surface area contributed by atoms with E-state index < -0.39 is 0 Å². The van der Waals surface area contributed by atoms with Crippen LogP contribution in [0.15, 0.2) is 97.1 Å². The molecule has 0 unspecified atom stereocenters. The molecule has 0 aliphatic rings.